The number of thioether (sulfide) groups is 1. The molecule has 0 spiro atoms. The Balaban J connectivity index is 2.32. The van der Waals surface area contributed by atoms with E-state index in [0.29, 0.717) is 11.0 Å². The molecule has 0 aliphatic carbocycles. The molecule has 0 heterocycles. The maximum atomic E-state index is 12.1. The maximum absolute atomic E-state index is 12.1. The van der Waals surface area contributed by atoms with Crippen LogP contribution >= 0.6 is 11.8 Å². The second-order valence-corrected chi connectivity index (χ2v) is 5.87. The Hall–Kier alpha value is -1.28. The minimum atomic E-state index is 0.223. The van der Waals surface area contributed by atoms with Gasteiger partial charge in [0.15, 0.2) is 5.78 Å². The van der Waals surface area contributed by atoms with Crippen molar-refractivity contribution in [2.75, 3.05) is 5.75 Å². The smallest absolute Gasteiger partial charge is 0.173 e. The molecule has 2 heteroatoms. The highest BCUT2D eigenvalue weighted by Gasteiger charge is 2.10. The number of fused-ring (bicyclic) bond motifs is 1. The summed E-state index contributed by atoms with van der Waals surface area (Å²) >= 11 is 1.69. The Labute approximate surface area is 106 Å². The summed E-state index contributed by atoms with van der Waals surface area (Å²) in [4.78, 5) is 12.1. The fraction of sp³-hybridized carbons (Fsp3) is 0.267. The largest absolute Gasteiger partial charge is 0.293 e. The quantitative estimate of drug-likeness (QED) is 0.751. The van der Waals surface area contributed by atoms with Crippen LogP contribution in [0.5, 0.6) is 0 Å². The first kappa shape index (κ1) is 12.2. The third-order valence-corrected chi connectivity index (χ3v) is 3.73. The molecule has 88 valence electrons. The number of ketones is 1. The Bertz CT molecular complexity index is 526. The van der Waals surface area contributed by atoms with E-state index >= 15 is 0 Å². The summed E-state index contributed by atoms with van der Waals surface area (Å²) in [5.74, 6) is 0.784. The number of carbonyl (C=O) groups is 1. The number of rotatable bonds is 4. The molecule has 0 unspecified atom stereocenters. The topological polar surface area (TPSA) is 17.1 Å². The first-order valence-corrected chi connectivity index (χ1v) is 6.86. The molecule has 2 aromatic rings. The lowest BCUT2D eigenvalue weighted by Gasteiger charge is -2.07. The molecule has 17 heavy (non-hydrogen) atoms. The van der Waals surface area contributed by atoms with Gasteiger partial charge in [0.2, 0.25) is 0 Å². The van der Waals surface area contributed by atoms with E-state index in [1.165, 1.54) is 0 Å². The second kappa shape index (κ2) is 5.37. The molecule has 0 aliphatic heterocycles. The van der Waals surface area contributed by atoms with E-state index in [-0.39, 0.29) is 5.78 Å². The summed E-state index contributed by atoms with van der Waals surface area (Å²) in [5.41, 5.74) is 0.844. The van der Waals surface area contributed by atoms with E-state index in [1.807, 2.05) is 42.5 Å². The molecule has 2 rings (SSSR count). The molecular formula is C15H16OS. The number of carbonyl (C=O) groups excluding carboxylic acids is 1. The Morgan fingerprint density at radius 3 is 2.59 bits per heavy atom. The van der Waals surface area contributed by atoms with Gasteiger partial charge < -0.3 is 0 Å². The molecule has 1 nitrogen and oxygen atoms in total. The summed E-state index contributed by atoms with van der Waals surface area (Å²) in [7, 11) is 0. The SMILES string of the molecule is CC(C)SCC(=O)c1cccc2ccccc12. The monoisotopic (exact) mass is 244 g/mol. The second-order valence-electron chi connectivity index (χ2n) is 4.31. The predicted octanol–water partition coefficient (Wildman–Crippen LogP) is 4.16. The fourth-order valence-corrected chi connectivity index (χ4v) is 2.43. The molecule has 0 atom stereocenters. The van der Waals surface area contributed by atoms with Gasteiger partial charge in [-0.25, -0.2) is 0 Å². The van der Waals surface area contributed by atoms with Crippen LogP contribution in [0.15, 0.2) is 42.5 Å². The molecule has 0 bridgehead atoms. The highest BCUT2D eigenvalue weighted by molar-refractivity contribution is 8.00. The van der Waals surface area contributed by atoms with Crippen molar-refractivity contribution in [2.45, 2.75) is 19.1 Å². The van der Waals surface area contributed by atoms with Gasteiger partial charge in [-0.2, -0.15) is 11.8 Å². The zero-order valence-corrected chi connectivity index (χ0v) is 11.0. The number of Topliss-reactive ketones (excluding diaryl/α,β-unsaturated/α-hetero) is 1. The molecule has 0 N–H and O–H groups in total. The number of hydrogen-bond donors (Lipinski definition) is 0. The summed E-state index contributed by atoms with van der Waals surface area (Å²) in [6.07, 6.45) is 0. The van der Waals surface area contributed by atoms with Gasteiger partial charge in [-0.3, -0.25) is 4.79 Å². The van der Waals surface area contributed by atoms with Crippen LogP contribution in [0.25, 0.3) is 10.8 Å². The average Bonchev–Trinajstić information content (AvgIpc) is 2.35. The van der Waals surface area contributed by atoms with Crippen LogP contribution in [0, 0.1) is 0 Å². The minimum absolute atomic E-state index is 0.223. The van der Waals surface area contributed by atoms with Crippen LogP contribution in [-0.2, 0) is 0 Å². The molecule has 0 fully saturated rings. The molecule has 0 aliphatic rings. The minimum Gasteiger partial charge on any atom is -0.293 e. The van der Waals surface area contributed by atoms with Crippen molar-refractivity contribution in [1.82, 2.24) is 0 Å². The average molecular weight is 244 g/mol. The zero-order chi connectivity index (χ0) is 12.3. The number of benzene rings is 2. The normalized spacial score (nSPS) is 11.0. The molecule has 2 aromatic carbocycles. The van der Waals surface area contributed by atoms with Gasteiger partial charge in [-0.05, 0) is 16.0 Å². The van der Waals surface area contributed by atoms with E-state index in [0.717, 1.165) is 16.3 Å². The Morgan fingerprint density at radius 1 is 1.12 bits per heavy atom. The molecular weight excluding hydrogens is 228 g/mol. The van der Waals surface area contributed by atoms with Crippen LogP contribution in [0.3, 0.4) is 0 Å². The van der Waals surface area contributed by atoms with Gasteiger partial charge in [-0.15, -0.1) is 0 Å². The summed E-state index contributed by atoms with van der Waals surface area (Å²) in [5, 5.41) is 2.69. The van der Waals surface area contributed by atoms with Crippen molar-refractivity contribution in [1.29, 1.82) is 0 Å². The van der Waals surface area contributed by atoms with Crippen LogP contribution in [0.4, 0.5) is 0 Å². The Kier molecular flexibility index (Phi) is 3.85. The summed E-state index contributed by atoms with van der Waals surface area (Å²) in [6, 6.07) is 14.0. The van der Waals surface area contributed by atoms with Crippen molar-refractivity contribution in [3.63, 3.8) is 0 Å². The van der Waals surface area contributed by atoms with Crippen LogP contribution in [0.1, 0.15) is 24.2 Å². The maximum Gasteiger partial charge on any atom is 0.173 e. The van der Waals surface area contributed by atoms with Gasteiger partial charge in [0.05, 0.1) is 5.75 Å². The van der Waals surface area contributed by atoms with Gasteiger partial charge in [-0.1, -0.05) is 56.3 Å². The predicted molar refractivity (Wildman–Crippen MR) is 75.9 cm³/mol. The van der Waals surface area contributed by atoms with Gasteiger partial charge >= 0.3 is 0 Å². The number of hydrogen-bond acceptors (Lipinski definition) is 2. The van der Waals surface area contributed by atoms with Gasteiger partial charge in [0, 0.05) is 5.56 Å². The summed E-state index contributed by atoms with van der Waals surface area (Å²) in [6.45, 7) is 4.22. The van der Waals surface area contributed by atoms with E-state index in [4.69, 9.17) is 0 Å². The lowest BCUT2D eigenvalue weighted by atomic mass is 10.0. The van der Waals surface area contributed by atoms with Gasteiger partial charge in [0.25, 0.3) is 0 Å². The molecule has 0 saturated carbocycles. The van der Waals surface area contributed by atoms with Gasteiger partial charge in [0.1, 0.15) is 0 Å². The third-order valence-electron chi connectivity index (χ3n) is 2.64. The lowest BCUT2D eigenvalue weighted by molar-refractivity contribution is 0.102. The molecule has 0 radical (unpaired) electrons. The van der Waals surface area contributed by atoms with Crippen molar-refractivity contribution in [2.24, 2.45) is 0 Å². The Morgan fingerprint density at radius 2 is 1.82 bits per heavy atom. The van der Waals surface area contributed by atoms with E-state index in [2.05, 4.69) is 13.8 Å². The molecule has 0 aromatic heterocycles. The van der Waals surface area contributed by atoms with E-state index in [1.54, 1.807) is 11.8 Å². The van der Waals surface area contributed by atoms with Crippen LogP contribution < -0.4 is 0 Å². The summed E-state index contributed by atoms with van der Waals surface area (Å²) < 4.78 is 0. The van der Waals surface area contributed by atoms with Crippen LogP contribution in [0.2, 0.25) is 0 Å². The molecule has 0 saturated heterocycles. The van der Waals surface area contributed by atoms with E-state index in [9.17, 15) is 4.79 Å². The first-order chi connectivity index (χ1) is 8.18. The first-order valence-electron chi connectivity index (χ1n) is 5.81. The highest BCUT2D eigenvalue weighted by Crippen LogP contribution is 2.21. The highest BCUT2D eigenvalue weighted by atomic mass is 32.2. The third kappa shape index (κ3) is 2.89. The van der Waals surface area contributed by atoms with Crippen molar-refractivity contribution < 1.29 is 4.79 Å². The van der Waals surface area contributed by atoms with Crippen molar-refractivity contribution >= 4 is 28.3 Å². The van der Waals surface area contributed by atoms with E-state index < -0.39 is 0 Å². The standard InChI is InChI=1S/C15H16OS/c1-11(2)17-10-15(16)14-9-5-7-12-6-3-4-8-13(12)14/h3-9,11H,10H2,1-2H3. The molecule has 0 amide bonds. The van der Waals surface area contributed by atoms with Crippen LogP contribution in [-0.4, -0.2) is 16.8 Å². The van der Waals surface area contributed by atoms with Crippen molar-refractivity contribution in [3.8, 4) is 0 Å². The zero-order valence-electron chi connectivity index (χ0n) is 10.1. The van der Waals surface area contributed by atoms with Crippen molar-refractivity contribution in [3.05, 3.63) is 48.0 Å². The lowest BCUT2D eigenvalue weighted by Crippen LogP contribution is -2.05. The fourth-order valence-electron chi connectivity index (χ4n) is 1.79.